The molecule has 1 amide bonds. The van der Waals surface area contributed by atoms with Crippen molar-refractivity contribution in [1.82, 2.24) is 5.32 Å². The van der Waals surface area contributed by atoms with E-state index in [1.54, 1.807) is 7.11 Å². The van der Waals surface area contributed by atoms with Gasteiger partial charge in [-0.1, -0.05) is 54.0 Å². The van der Waals surface area contributed by atoms with Crippen LogP contribution in [0.3, 0.4) is 0 Å². The van der Waals surface area contributed by atoms with Gasteiger partial charge in [0, 0.05) is 4.47 Å². The zero-order chi connectivity index (χ0) is 17.5. The molecule has 0 unspecified atom stereocenters. The first-order valence-electron chi connectivity index (χ1n) is 8.15. The summed E-state index contributed by atoms with van der Waals surface area (Å²) in [6, 6.07) is 15.8. The Balaban J connectivity index is 2.08. The van der Waals surface area contributed by atoms with Crippen molar-refractivity contribution in [2.45, 2.75) is 32.7 Å². The van der Waals surface area contributed by atoms with Gasteiger partial charge in [0.25, 0.3) is 0 Å². The van der Waals surface area contributed by atoms with Gasteiger partial charge in [0.15, 0.2) is 0 Å². The van der Waals surface area contributed by atoms with E-state index in [2.05, 4.69) is 35.1 Å². The first kappa shape index (κ1) is 18.5. The van der Waals surface area contributed by atoms with Gasteiger partial charge < -0.3 is 10.1 Å². The number of nitrogens with one attached hydrogen (secondary N) is 1. The van der Waals surface area contributed by atoms with Crippen molar-refractivity contribution in [2.24, 2.45) is 5.92 Å². The Morgan fingerprint density at radius 1 is 1.17 bits per heavy atom. The zero-order valence-corrected chi connectivity index (χ0v) is 16.0. The summed E-state index contributed by atoms with van der Waals surface area (Å²) < 4.78 is 6.20. The molecule has 0 heterocycles. The van der Waals surface area contributed by atoms with Crippen molar-refractivity contribution in [3.8, 4) is 5.75 Å². The van der Waals surface area contributed by atoms with Gasteiger partial charge in [-0.25, -0.2) is 0 Å². The Labute approximate surface area is 152 Å². The SMILES string of the molecule is COc1ccc([C@H](CC(C)C)NC(=O)Cc2cccc(Br)c2)cc1. The highest BCUT2D eigenvalue weighted by molar-refractivity contribution is 9.10. The van der Waals surface area contributed by atoms with Gasteiger partial charge >= 0.3 is 0 Å². The Morgan fingerprint density at radius 2 is 1.88 bits per heavy atom. The number of hydrogen-bond acceptors (Lipinski definition) is 2. The van der Waals surface area contributed by atoms with Crippen LogP contribution in [-0.2, 0) is 11.2 Å². The molecule has 2 aromatic carbocycles. The Bertz CT molecular complexity index is 668. The fraction of sp³-hybridized carbons (Fsp3) is 0.350. The maximum atomic E-state index is 12.5. The summed E-state index contributed by atoms with van der Waals surface area (Å²) in [5.74, 6) is 1.35. The van der Waals surface area contributed by atoms with E-state index in [4.69, 9.17) is 4.74 Å². The van der Waals surface area contributed by atoms with Crippen LogP contribution in [0.4, 0.5) is 0 Å². The number of rotatable bonds is 7. The molecular weight excluding hydrogens is 366 g/mol. The normalized spacial score (nSPS) is 12.0. The van der Waals surface area contributed by atoms with Crippen LogP contribution in [0.15, 0.2) is 53.0 Å². The fourth-order valence-electron chi connectivity index (χ4n) is 2.66. The highest BCUT2D eigenvalue weighted by Crippen LogP contribution is 2.24. The third kappa shape index (κ3) is 5.68. The predicted octanol–water partition coefficient (Wildman–Crippen LogP) is 4.90. The number of benzene rings is 2. The summed E-state index contributed by atoms with van der Waals surface area (Å²) in [6.45, 7) is 4.33. The monoisotopic (exact) mass is 389 g/mol. The molecule has 4 heteroatoms. The minimum atomic E-state index is 0.00978. The standard InChI is InChI=1S/C20H24BrNO2/c1-14(2)11-19(16-7-9-18(24-3)10-8-16)22-20(23)13-15-5-4-6-17(21)12-15/h4-10,12,14,19H,11,13H2,1-3H3,(H,22,23)/t19-/m0/s1. The van der Waals surface area contributed by atoms with Gasteiger partial charge in [0.2, 0.25) is 5.91 Å². The van der Waals surface area contributed by atoms with Crippen molar-refractivity contribution in [1.29, 1.82) is 0 Å². The van der Waals surface area contributed by atoms with Gasteiger partial charge in [0.05, 0.1) is 19.6 Å². The fourth-order valence-corrected chi connectivity index (χ4v) is 3.11. The number of ether oxygens (including phenoxy) is 1. The Morgan fingerprint density at radius 3 is 2.46 bits per heavy atom. The van der Waals surface area contributed by atoms with Crippen LogP contribution in [0.25, 0.3) is 0 Å². The van der Waals surface area contributed by atoms with Crippen LogP contribution in [0, 0.1) is 5.92 Å². The smallest absolute Gasteiger partial charge is 0.224 e. The maximum absolute atomic E-state index is 12.5. The molecule has 0 aliphatic heterocycles. The van der Waals surface area contributed by atoms with Crippen LogP contribution in [0.5, 0.6) is 5.75 Å². The minimum absolute atomic E-state index is 0.00978. The summed E-state index contributed by atoms with van der Waals surface area (Å²) in [6.07, 6.45) is 1.28. The average molecular weight is 390 g/mol. The number of methoxy groups -OCH3 is 1. The lowest BCUT2D eigenvalue weighted by Gasteiger charge is -2.21. The number of halogens is 1. The van der Waals surface area contributed by atoms with Gasteiger partial charge in [-0.05, 0) is 47.7 Å². The van der Waals surface area contributed by atoms with E-state index in [9.17, 15) is 4.79 Å². The molecule has 0 aliphatic rings. The molecule has 0 aromatic heterocycles. The number of carbonyl (C=O) groups is 1. The first-order valence-corrected chi connectivity index (χ1v) is 8.95. The van der Waals surface area contributed by atoms with Crippen molar-refractivity contribution < 1.29 is 9.53 Å². The number of carbonyl (C=O) groups excluding carboxylic acids is 1. The highest BCUT2D eigenvalue weighted by Gasteiger charge is 2.16. The lowest BCUT2D eigenvalue weighted by molar-refractivity contribution is -0.121. The van der Waals surface area contributed by atoms with Crippen LogP contribution in [0.2, 0.25) is 0 Å². The topological polar surface area (TPSA) is 38.3 Å². The second-order valence-corrected chi connectivity index (χ2v) is 7.25. The van der Waals surface area contributed by atoms with E-state index >= 15 is 0 Å². The number of amides is 1. The molecule has 3 nitrogen and oxygen atoms in total. The maximum Gasteiger partial charge on any atom is 0.224 e. The predicted molar refractivity (Wildman–Crippen MR) is 101 cm³/mol. The molecule has 0 saturated carbocycles. The molecule has 24 heavy (non-hydrogen) atoms. The molecule has 0 aliphatic carbocycles. The van der Waals surface area contributed by atoms with Gasteiger partial charge in [-0.15, -0.1) is 0 Å². The lowest BCUT2D eigenvalue weighted by atomic mass is 9.96. The summed E-state index contributed by atoms with van der Waals surface area (Å²) >= 11 is 3.44. The van der Waals surface area contributed by atoms with Gasteiger partial charge in [-0.3, -0.25) is 4.79 Å². The summed E-state index contributed by atoms with van der Waals surface area (Å²) in [7, 11) is 1.65. The van der Waals surface area contributed by atoms with Crippen molar-refractivity contribution >= 4 is 21.8 Å². The molecule has 0 saturated heterocycles. The van der Waals surface area contributed by atoms with E-state index in [0.717, 1.165) is 27.8 Å². The van der Waals surface area contributed by atoms with Crippen LogP contribution < -0.4 is 10.1 Å². The summed E-state index contributed by atoms with van der Waals surface area (Å²) in [4.78, 5) is 12.5. The Kier molecular flexibility index (Phi) is 6.85. The average Bonchev–Trinajstić information content (AvgIpc) is 2.54. The molecule has 2 aromatic rings. The van der Waals surface area contributed by atoms with Crippen LogP contribution in [0.1, 0.15) is 37.4 Å². The zero-order valence-electron chi connectivity index (χ0n) is 14.4. The largest absolute Gasteiger partial charge is 0.497 e. The van der Waals surface area contributed by atoms with Gasteiger partial charge in [0.1, 0.15) is 5.75 Å². The molecule has 2 rings (SSSR count). The van der Waals surface area contributed by atoms with E-state index in [-0.39, 0.29) is 11.9 Å². The summed E-state index contributed by atoms with van der Waals surface area (Å²) in [5.41, 5.74) is 2.10. The molecule has 0 bridgehead atoms. The third-order valence-electron chi connectivity index (χ3n) is 3.81. The van der Waals surface area contributed by atoms with E-state index < -0.39 is 0 Å². The molecule has 0 radical (unpaired) electrons. The van der Waals surface area contributed by atoms with E-state index in [1.807, 2.05) is 48.5 Å². The molecule has 128 valence electrons. The summed E-state index contributed by atoms with van der Waals surface area (Å²) in [5, 5.41) is 3.18. The van der Waals surface area contributed by atoms with Crippen molar-refractivity contribution in [2.75, 3.05) is 7.11 Å². The molecule has 0 spiro atoms. The quantitative estimate of drug-likeness (QED) is 0.730. The minimum Gasteiger partial charge on any atom is -0.497 e. The lowest BCUT2D eigenvalue weighted by Crippen LogP contribution is -2.30. The van der Waals surface area contributed by atoms with Crippen LogP contribution in [-0.4, -0.2) is 13.0 Å². The molecule has 1 atom stereocenters. The van der Waals surface area contributed by atoms with Crippen LogP contribution >= 0.6 is 15.9 Å². The van der Waals surface area contributed by atoms with Gasteiger partial charge in [-0.2, -0.15) is 0 Å². The highest BCUT2D eigenvalue weighted by atomic mass is 79.9. The molecule has 1 N–H and O–H groups in total. The second kappa shape index (κ2) is 8.88. The molecule has 0 fully saturated rings. The number of hydrogen-bond donors (Lipinski definition) is 1. The van der Waals surface area contributed by atoms with Crippen molar-refractivity contribution in [3.63, 3.8) is 0 Å². The van der Waals surface area contributed by atoms with Crippen molar-refractivity contribution in [3.05, 3.63) is 64.1 Å². The third-order valence-corrected chi connectivity index (χ3v) is 4.31. The van der Waals surface area contributed by atoms with E-state index in [1.165, 1.54) is 0 Å². The first-order chi connectivity index (χ1) is 11.5. The molecular formula is C20H24BrNO2. The Hall–Kier alpha value is -1.81. The second-order valence-electron chi connectivity index (χ2n) is 6.33. The van der Waals surface area contributed by atoms with E-state index in [0.29, 0.717) is 12.3 Å².